The molecule has 47 nitrogen and oxygen atoms in total. The normalized spacial score (nSPS) is 13.6. The van der Waals surface area contributed by atoms with Gasteiger partial charge < -0.3 is 155 Å². The second kappa shape index (κ2) is 56.8. The highest BCUT2D eigenvalue weighted by Gasteiger charge is 2.36. The molecular formula is C67H123N33O14. The van der Waals surface area contributed by atoms with Gasteiger partial charge in [-0.15, -0.1) is 0 Å². The van der Waals surface area contributed by atoms with Gasteiger partial charge in [-0.2, -0.15) is 0 Å². The van der Waals surface area contributed by atoms with Crippen LogP contribution in [-0.4, -0.2) is 244 Å². The fraction of sp³-hybridized carbons (Fsp3) is 0.627. The van der Waals surface area contributed by atoms with E-state index in [2.05, 4.69) is 93.8 Å². The molecule has 0 saturated heterocycles. The average molecular weight is 1610 g/mol. The lowest BCUT2D eigenvalue weighted by Gasteiger charge is -2.28. The SMILES string of the molecule is CN=C(N)NCCC[C@H](NC(=O)[C@H](CCCN=C(N)N)NC(=O)[C@H](CCC(N)=O)NC(=O)[C@H](CCCN=C(N)N)NC(=O)[C@H](CCCN=C(N)N)NC(=O)[C@H](CCCCN)NC(=O)[C@H](CCCCN)NC(=O)[C@H](CCCN=C(N)N)NC(=O)CNC(=O)[C@H](Cc1ccc(O)cc1)NC(C)=O)C(=O)N[C@@H](CCCN=C(N)N)C(N)=O. The van der Waals surface area contributed by atoms with Crippen molar-refractivity contribution < 1.29 is 67.4 Å². The van der Waals surface area contributed by atoms with E-state index in [4.69, 9.17) is 86.0 Å². The summed E-state index contributed by atoms with van der Waals surface area (Å²) < 4.78 is 0. The van der Waals surface area contributed by atoms with Gasteiger partial charge in [-0.05, 0) is 153 Å². The molecule has 0 aliphatic rings. The number of benzene rings is 1. The summed E-state index contributed by atoms with van der Waals surface area (Å²) in [5.74, 6) is -13.1. The van der Waals surface area contributed by atoms with E-state index in [-0.39, 0.29) is 203 Å². The number of carbonyl (C=O) groups is 13. The maximum atomic E-state index is 14.9. The van der Waals surface area contributed by atoms with E-state index in [9.17, 15) is 67.4 Å². The first kappa shape index (κ1) is 99.7. The molecule has 0 bridgehead atoms. The minimum Gasteiger partial charge on any atom is -0.508 e. The lowest BCUT2D eigenvalue weighted by Crippen LogP contribution is -2.60. The van der Waals surface area contributed by atoms with Gasteiger partial charge >= 0.3 is 0 Å². The molecule has 1 aromatic carbocycles. The third kappa shape index (κ3) is 45.7. The van der Waals surface area contributed by atoms with E-state index >= 15 is 0 Å². The van der Waals surface area contributed by atoms with Crippen molar-refractivity contribution in [3.8, 4) is 5.75 Å². The Bertz CT molecular complexity index is 3430. The number of phenolic OH excluding ortho intramolecular Hbond substituents is 1. The van der Waals surface area contributed by atoms with Crippen LogP contribution >= 0.6 is 0 Å². The molecule has 0 aliphatic carbocycles. The number of hydrogen-bond acceptors (Lipinski definition) is 22. The molecule has 1 aromatic rings. The molecule has 10 atom stereocenters. The molecule has 0 fully saturated rings. The number of phenols is 1. The zero-order valence-corrected chi connectivity index (χ0v) is 64.9. The van der Waals surface area contributed by atoms with Crippen molar-refractivity contribution in [3.63, 3.8) is 0 Å². The largest absolute Gasteiger partial charge is 0.508 e. The standard InChI is InChI=1S/C67H123N33O14/c1-37(101)91-49(35-38-21-23-39(102)24-22-38)53(106)90-36-51(104)92-41(16-8-30-85-63(74)75)54(107)94-42(13-3-5-27-68)56(109)95-43(14-4-6-28-69)57(110)97-45(17-9-31-86-64(76)77)58(111)98-47(19-11-33-88-66(80)81)60(113)100-48(25-26-50(70)103)61(114)99-46(18-10-32-87-65(78)79)59(112)96-44(20-12-34-89-67(82)83-2)55(108)93-40(52(71)105)15-7-29-84-62(72)73/h21-24,40-49,102H,3-20,25-36,68-69H2,1-2H3,(H2,70,103)(H2,71,105)(H,90,106)(H,91,101)(H,92,104)(H,93,108)(H,94,107)(H,95,109)(H,96,112)(H,97,110)(H,98,111)(H,99,114)(H,100,113)(H4,72,73,84)(H4,74,75,85)(H4,76,77,86)(H4,78,79,87)(H4,80,81,88)(H3,82,83,89)/t40-,41-,42-,43-,44-,45-,46-,47-,48-,49-/m0/s1. The molecule has 0 radical (unpaired) electrons. The van der Waals surface area contributed by atoms with Crippen LogP contribution in [0.3, 0.4) is 0 Å². The summed E-state index contributed by atoms with van der Waals surface area (Å²) in [6.07, 6.45) is -0.570. The highest BCUT2D eigenvalue weighted by atomic mass is 16.3. The van der Waals surface area contributed by atoms with E-state index in [1.54, 1.807) is 12.1 Å². The molecule has 0 aromatic heterocycles. The second-order valence-corrected chi connectivity index (χ2v) is 26.3. The molecule has 43 N–H and O–H groups in total. The molecule has 640 valence electrons. The van der Waals surface area contributed by atoms with Crippen molar-refractivity contribution in [1.82, 2.24) is 63.8 Å². The van der Waals surface area contributed by atoms with Crippen LogP contribution < -0.4 is 150 Å². The fourth-order valence-corrected chi connectivity index (χ4v) is 10.9. The third-order valence-electron chi connectivity index (χ3n) is 16.8. The maximum Gasteiger partial charge on any atom is 0.243 e. The van der Waals surface area contributed by atoms with E-state index in [0.29, 0.717) is 18.4 Å². The minimum absolute atomic E-state index is 0.00164. The lowest BCUT2D eigenvalue weighted by atomic mass is 10.0. The van der Waals surface area contributed by atoms with Gasteiger partial charge in [0.2, 0.25) is 76.8 Å². The zero-order chi connectivity index (χ0) is 85.7. The number of primary amides is 2. The molecule has 0 unspecified atom stereocenters. The predicted octanol–water partition coefficient (Wildman–Crippen LogP) is -11.5. The topological polar surface area (TPSA) is 851 Å². The van der Waals surface area contributed by atoms with E-state index in [1.807, 2.05) is 0 Å². The van der Waals surface area contributed by atoms with Gasteiger partial charge in [0.25, 0.3) is 0 Å². The summed E-state index contributed by atoms with van der Waals surface area (Å²) >= 11 is 0. The second-order valence-electron chi connectivity index (χ2n) is 26.3. The Morgan fingerprint density at radius 2 is 0.649 bits per heavy atom. The van der Waals surface area contributed by atoms with Gasteiger partial charge in [0.15, 0.2) is 35.8 Å². The van der Waals surface area contributed by atoms with Crippen LogP contribution in [-0.2, 0) is 68.7 Å². The Kier molecular flexibility index (Phi) is 49.7. The molecule has 0 spiro atoms. The van der Waals surface area contributed by atoms with Crippen LogP contribution in [0.2, 0.25) is 0 Å². The number of nitrogens with two attached hydrogens (primary N) is 15. The van der Waals surface area contributed by atoms with E-state index in [1.165, 1.54) is 26.1 Å². The zero-order valence-electron chi connectivity index (χ0n) is 64.9. The Balaban J connectivity index is 3.93. The van der Waals surface area contributed by atoms with Gasteiger partial charge in [-0.3, -0.25) is 92.3 Å². The Morgan fingerprint density at radius 3 is 0.947 bits per heavy atom. The number of carbonyl (C=O) groups excluding carboxylic acids is 13. The van der Waals surface area contributed by atoms with Crippen LogP contribution in [0.1, 0.15) is 141 Å². The van der Waals surface area contributed by atoms with Crippen LogP contribution in [0, 0.1) is 0 Å². The van der Waals surface area contributed by atoms with E-state index in [0.717, 1.165) is 0 Å². The Hall–Kier alpha value is -12.3. The molecule has 0 aliphatic heterocycles. The Labute approximate surface area is 661 Å². The van der Waals surface area contributed by atoms with Gasteiger partial charge in [0, 0.05) is 66.1 Å². The molecule has 0 heterocycles. The number of aromatic hydroxyl groups is 1. The molecule has 47 heteroatoms. The summed E-state index contributed by atoms with van der Waals surface area (Å²) in [7, 11) is 1.43. The summed E-state index contributed by atoms with van der Waals surface area (Å²) in [5.41, 5.74) is 84.9. The molecular weight excluding hydrogens is 1490 g/mol. The first-order valence-electron chi connectivity index (χ1n) is 37.3. The van der Waals surface area contributed by atoms with Crippen LogP contribution in [0.4, 0.5) is 0 Å². The number of guanidine groups is 6. The highest BCUT2D eigenvalue weighted by Crippen LogP contribution is 2.15. The van der Waals surface area contributed by atoms with Gasteiger partial charge in [0.05, 0.1) is 6.54 Å². The summed E-state index contributed by atoms with van der Waals surface area (Å²) in [5, 5.41) is 41.0. The number of nitrogens with one attached hydrogen (secondary N) is 12. The summed E-state index contributed by atoms with van der Waals surface area (Å²) in [6, 6.07) is -8.77. The smallest absolute Gasteiger partial charge is 0.243 e. The molecule has 1 rings (SSSR count). The molecule has 114 heavy (non-hydrogen) atoms. The van der Waals surface area contributed by atoms with Crippen molar-refractivity contribution in [2.45, 2.75) is 202 Å². The number of hydrogen-bond donors (Lipinski definition) is 28. The van der Waals surface area contributed by atoms with Crippen molar-refractivity contribution >= 4 is 113 Å². The van der Waals surface area contributed by atoms with Crippen LogP contribution in [0.15, 0.2) is 54.2 Å². The molecule has 0 saturated carbocycles. The van der Waals surface area contributed by atoms with Gasteiger partial charge in [-0.1, -0.05) is 12.1 Å². The predicted molar refractivity (Wildman–Crippen MR) is 428 cm³/mol. The van der Waals surface area contributed by atoms with Crippen molar-refractivity contribution in [1.29, 1.82) is 0 Å². The van der Waals surface area contributed by atoms with E-state index < -0.39 is 157 Å². The summed E-state index contributed by atoms with van der Waals surface area (Å²) in [6.45, 7) is 0.784. The van der Waals surface area contributed by atoms with Crippen molar-refractivity contribution in [2.24, 2.45) is 116 Å². The number of unbranched alkanes of at least 4 members (excludes halogenated alkanes) is 2. The van der Waals surface area contributed by atoms with Crippen LogP contribution in [0.25, 0.3) is 0 Å². The van der Waals surface area contributed by atoms with Crippen LogP contribution in [0.5, 0.6) is 5.75 Å². The Morgan fingerprint density at radius 1 is 0.351 bits per heavy atom. The number of nitrogens with zero attached hydrogens (tertiary/aromatic N) is 6. The van der Waals surface area contributed by atoms with Gasteiger partial charge in [0.1, 0.15) is 66.2 Å². The number of rotatable bonds is 59. The van der Waals surface area contributed by atoms with Gasteiger partial charge in [-0.25, -0.2) is 0 Å². The minimum atomic E-state index is -1.72. The van der Waals surface area contributed by atoms with Crippen molar-refractivity contribution in [2.75, 3.05) is 66.0 Å². The first-order chi connectivity index (χ1) is 54.0. The number of aliphatic imine (C=N–C) groups is 6. The maximum absolute atomic E-state index is 14.9. The lowest BCUT2D eigenvalue weighted by molar-refractivity contribution is -0.136. The average Bonchev–Trinajstić information content (AvgIpc) is 0.858. The van der Waals surface area contributed by atoms with Crippen molar-refractivity contribution in [3.05, 3.63) is 29.8 Å². The number of amides is 13. The third-order valence-corrected chi connectivity index (χ3v) is 16.8. The quantitative estimate of drug-likeness (QED) is 0.0164. The fourth-order valence-electron chi connectivity index (χ4n) is 10.9. The monoisotopic (exact) mass is 1610 g/mol. The molecule has 13 amide bonds. The first-order valence-corrected chi connectivity index (χ1v) is 37.3. The highest BCUT2D eigenvalue weighted by molar-refractivity contribution is 5.99. The summed E-state index contributed by atoms with van der Waals surface area (Å²) in [4.78, 5) is 205.